The van der Waals surface area contributed by atoms with Gasteiger partial charge in [0.2, 0.25) is 6.29 Å². The Bertz CT molecular complexity index is 838. The number of benzene rings is 2. The summed E-state index contributed by atoms with van der Waals surface area (Å²) in [5, 5.41) is 18.3. The van der Waals surface area contributed by atoms with Crippen molar-refractivity contribution in [2.24, 2.45) is 10.2 Å². The Labute approximate surface area is 158 Å². The summed E-state index contributed by atoms with van der Waals surface area (Å²) in [7, 11) is 4.02. The third kappa shape index (κ3) is 3.09. The van der Waals surface area contributed by atoms with E-state index in [4.69, 9.17) is 0 Å². The molecule has 4 rings (SSSR count). The van der Waals surface area contributed by atoms with Crippen LogP contribution in [0.3, 0.4) is 0 Å². The van der Waals surface area contributed by atoms with Crippen LogP contribution in [0.1, 0.15) is 12.8 Å². The fourth-order valence-electron chi connectivity index (χ4n) is 3.89. The second-order valence-corrected chi connectivity index (χ2v) is 6.98. The molecule has 140 valence electrons. The number of anilines is 3. The van der Waals surface area contributed by atoms with E-state index in [-0.39, 0.29) is 6.29 Å². The van der Waals surface area contributed by atoms with E-state index < -0.39 is 12.0 Å². The molecule has 27 heavy (non-hydrogen) atoms. The molecule has 7 heteroatoms. The van der Waals surface area contributed by atoms with E-state index in [1.165, 1.54) is 0 Å². The highest BCUT2D eigenvalue weighted by Crippen LogP contribution is 2.38. The molecule has 0 aromatic heterocycles. The van der Waals surface area contributed by atoms with Gasteiger partial charge in [-0.15, -0.1) is 5.11 Å². The molecule has 1 fully saturated rings. The minimum atomic E-state index is -0.761. The monoisotopic (exact) mass is 365 g/mol. The minimum Gasteiger partial charge on any atom is -0.480 e. The van der Waals surface area contributed by atoms with E-state index in [9.17, 15) is 9.90 Å². The van der Waals surface area contributed by atoms with Crippen molar-refractivity contribution in [3.8, 4) is 0 Å². The summed E-state index contributed by atoms with van der Waals surface area (Å²) in [4.78, 5) is 17.5. The van der Waals surface area contributed by atoms with E-state index in [0.717, 1.165) is 35.7 Å². The third-order valence-electron chi connectivity index (χ3n) is 5.33. The first-order valence-corrected chi connectivity index (χ1v) is 9.11. The first-order chi connectivity index (χ1) is 13.1. The Hall–Kier alpha value is -3.09. The number of hydrogen-bond acceptors (Lipinski definition) is 6. The Morgan fingerprint density at radius 1 is 1.04 bits per heavy atom. The molecule has 1 atom stereocenters. The van der Waals surface area contributed by atoms with Gasteiger partial charge in [0.1, 0.15) is 6.04 Å². The molecule has 0 aliphatic carbocycles. The number of fused-ring (bicyclic) bond motifs is 1. The molecule has 1 saturated heterocycles. The van der Waals surface area contributed by atoms with Gasteiger partial charge in [0, 0.05) is 26.3 Å². The Balaban J connectivity index is 1.49. The Morgan fingerprint density at radius 2 is 1.67 bits per heavy atom. The largest absolute Gasteiger partial charge is 0.480 e. The molecule has 0 amide bonds. The van der Waals surface area contributed by atoms with Gasteiger partial charge in [-0.1, -0.05) is 12.1 Å². The van der Waals surface area contributed by atoms with Crippen molar-refractivity contribution in [3.63, 3.8) is 0 Å². The third-order valence-corrected chi connectivity index (χ3v) is 5.33. The average molecular weight is 365 g/mol. The van der Waals surface area contributed by atoms with Gasteiger partial charge in [0.25, 0.3) is 0 Å². The highest BCUT2D eigenvalue weighted by Gasteiger charge is 2.31. The lowest BCUT2D eigenvalue weighted by Gasteiger charge is -2.23. The molecule has 1 unspecified atom stereocenters. The van der Waals surface area contributed by atoms with Crippen molar-refractivity contribution in [3.05, 3.63) is 48.5 Å². The molecule has 0 saturated carbocycles. The number of hydrogen-bond donors (Lipinski definition) is 1. The smallest absolute Gasteiger partial charge is 0.326 e. The van der Waals surface area contributed by atoms with Crippen LogP contribution in [0.5, 0.6) is 0 Å². The number of azo groups is 1. The first-order valence-electron chi connectivity index (χ1n) is 9.11. The molecular formula is C20H23N5O2. The number of carbonyl (C=O) groups is 1. The van der Waals surface area contributed by atoms with Gasteiger partial charge < -0.3 is 19.8 Å². The van der Waals surface area contributed by atoms with Crippen molar-refractivity contribution in [2.45, 2.75) is 25.2 Å². The zero-order chi connectivity index (χ0) is 19.0. The SMILES string of the molecule is CN1c2ccccc2N(C)C1N=Nc1ccc(N2CCCC2C(=O)O)cc1. The highest BCUT2D eigenvalue weighted by atomic mass is 16.4. The number of nitrogens with zero attached hydrogens (tertiary/aromatic N) is 5. The van der Waals surface area contributed by atoms with Crippen LogP contribution in [-0.2, 0) is 4.79 Å². The molecule has 2 heterocycles. The molecule has 0 spiro atoms. The summed E-state index contributed by atoms with van der Waals surface area (Å²) in [6, 6.07) is 15.4. The second-order valence-electron chi connectivity index (χ2n) is 6.98. The van der Waals surface area contributed by atoms with Crippen LogP contribution >= 0.6 is 0 Å². The normalized spacial score (nSPS) is 19.9. The van der Waals surface area contributed by atoms with Crippen molar-refractivity contribution < 1.29 is 9.90 Å². The number of carboxylic acid groups (broad SMARTS) is 1. The number of rotatable bonds is 4. The van der Waals surface area contributed by atoms with Crippen LogP contribution in [0.15, 0.2) is 58.8 Å². The van der Waals surface area contributed by atoms with Crippen molar-refractivity contribution in [2.75, 3.05) is 35.3 Å². The maximum absolute atomic E-state index is 11.4. The standard InChI is InChI=1S/C20H23N5O2/c1-23-16-6-3-4-7-17(16)24(2)20(23)22-21-14-9-11-15(12-10-14)25-13-5-8-18(25)19(26)27/h3-4,6-7,9-12,18,20H,5,8,13H2,1-2H3,(H,26,27). The van der Waals surface area contributed by atoms with Crippen LogP contribution in [0.25, 0.3) is 0 Å². The minimum absolute atomic E-state index is 0.183. The summed E-state index contributed by atoms with van der Waals surface area (Å²) in [5.41, 5.74) is 3.94. The summed E-state index contributed by atoms with van der Waals surface area (Å²) >= 11 is 0. The van der Waals surface area contributed by atoms with Gasteiger partial charge in [0.05, 0.1) is 17.1 Å². The molecule has 0 radical (unpaired) electrons. The molecule has 2 aromatic rings. The van der Waals surface area contributed by atoms with E-state index >= 15 is 0 Å². The lowest BCUT2D eigenvalue weighted by molar-refractivity contribution is -0.138. The first kappa shape index (κ1) is 17.3. The molecule has 2 aliphatic heterocycles. The van der Waals surface area contributed by atoms with Gasteiger partial charge in [0.15, 0.2) is 0 Å². The molecule has 1 N–H and O–H groups in total. The molecule has 2 aromatic carbocycles. The van der Waals surface area contributed by atoms with Crippen molar-refractivity contribution in [1.82, 2.24) is 0 Å². The Morgan fingerprint density at radius 3 is 2.26 bits per heavy atom. The predicted octanol–water partition coefficient (Wildman–Crippen LogP) is 3.69. The number of aliphatic carboxylic acids is 1. The number of carboxylic acids is 1. The quantitative estimate of drug-likeness (QED) is 0.837. The van der Waals surface area contributed by atoms with Gasteiger partial charge in [-0.05, 0) is 49.2 Å². The Kier molecular flexibility index (Phi) is 4.43. The second kappa shape index (κ2) is 6.90. The van der Waals surface area contributed by atoms with Crippen LogP contribution in [0.2, 0.25) is 0 Å². The predicted molar refractivity (Wildman–Crippen MR) is 106 cm³/mol. The topological polar surface area (TPSA) is 71.7 Å². The molecular weight excluding hydrogens is 342 g/mol. The van der Waals surface area contributed by atoms with E-state index in [2.05, 4.69) is 32.2 Å². The van der Waals surface area contributed by atoms with E-state index in [0.29, 0.717) is 6.42 Å². The maximum Gasteiger partial charge on any atom is 0.326 e. The summed E-state index contributed by atoms with van der Waals surface area (Å²) in [5.74, 6) is -0.761. The molecule has 0 bridgehead atoms. The van der Waals surface area contributed by atoms with Gasteiger partial charge in [-0.3, -0.25) is 0 Å². The average Bonchev–Trinajstić information content (AvgIpc) is 3.26. The lowest BCUT2D eigenvalue weighted by Crippen LogP contribution is -2.36. The number of para-hydroxylation sites is 2. The van der Waals surface area contributed by atoms with Crippen LogP contribution < -0.4 is 14.7 Å². The van der Waals surface area contributed by atoms with Gasteiger partial charge in [-0.25, -0.2) is 4.79 Å². The zero-order valence-corrected chi connectivity index (χ0v) is 15.5. The summed E-state index contributed by atoms with van der Waals surface area (Å²) < 4.78 is 0. The molecule has 7 nitrogen and oxygen atoms in total. The maximum atomic E-state index is 11.4. The van der Waals surface area contributed by atoms with Crippen LogP contribution in [0.4, 0.5) is 22.7 Å². The van der Waals surface area contributed by atoms with Crippen LogP contribution in [0, 0.1) is 0 Å². The zero-order valence-electron chi connectivity index (χ0n) is 15.5. The van der Waals surface area contributed by atoms with Gasteiger partial charge in [-0.2, -0.15) is 5.11 Å². The molecule has 2 aliphatic rings. The van der Waals surface area contributed by atoms with E-state index in [1.54, 1.807) is 0 Å². The summed E-state index contributed by atoms with van der Waals surface area (Å²) in [6.07, 6.45) is 1.41. The van der Waals surface area contributed by atoms with Gasteiger partial charge >= 0.3 is 5.97 Å². The van der Waals surface area contributed by atoms with E-state index in [1.807, 2.05) is 55.4 Å². The van der Waals surface area contributed by atoms with Crippen molar-refractivity contribution >= 4 is 28.7 Å². The fraction of sp³-hybridized carbons (Fsp3) is 0.350. The highest BCUT2D eigenvalue weighted by molar-refractivity contribution is 5.79. The van der Waals surface area contributed by atoms with Crippen molar-refractivity contribution in [1.29, 1.82) is 0 Å². The lowest BCUT2D eigenvalue weighted by atomic mass is 10.2. The van der Waals surface area contributed by atoms with Crippen LogP contribution in [-0.4, -0.2) is 44.0 Å². The summed E-state index contributed by atoms with van der Waals surface area (Å²) in [6.45, 7) is 0.772. The fourth-order valence-corrected chi connectivity index (χ4v) is 3.89.